The lowest BCUT2D eigenvalue weighted by Gasteiger charge is -2.14. The van der Waals surface area contributed by atoms with Crippen molar-refractivity contribution in [2.24, 2.45) is 5.92 Å². The molecule has 0 aliphatic carbocycles. The molecule has 108 valence electrons. The fourth-order valence-electron chi connectivity index (χ4n) is 1.56. The molecule has 0 aliphatic rings. The number of benzene rings is 1. The van der Waals surface area contributed by atoms with E-state index in [9.17, 15) is 8.42 Å². The number of nitrogens with one attached hydrogen (secondary N) is 1. The van der Waals surface area contributed by atoms with Crippen LogP contribution < -0.4 is 4.72 Å². The second-order valence-corrected chi connectivity index (χ2v) is 7.14. The standard InChI is InChI=1S/C12H16Cl3NO2S/c1-2-9(5-6-13)8-16-19(17,18)10-3-4-11(14)12(15)7-10/h3-4,7,9,16H,2,5-6,8H2,1H3. The third-order valence-corrected chi connectivity index (χ3v) is 5.24. The fraction of sp³-hybridized carbons (Fsp3) is 0.500. The molecule has 1 aromatic rings. The normalized spacial score (nSPS) is 13.5. The molecule has 1 unspecified atom stereocenters. The van der Waals surface area contributed by atoms with E-state index in [0.29, 0.717) is 17.4 Å². The molecule has 0 bridgehead atoms. The van der Waals surface area contributed by atoms with Crippen molar-refractivity contribution >= 4 is 44.8 Å². The second-order valence-electron chi connectivity index (χ2n) is 4.18. The van der Waals surface area contributed by atoms with Crippen molar-refractivity contribution < 1.29 is 8.42 Å². The largest absolute Gasteiger partial charge is 0.240 e. The molecule has 0 heterocycles. The Hall–Kier alpha value is -0.000000000000000111. The van der Waals surface area contributed by atoms with Crippen LogP contribution in [-0.4, -0.2) is 20.8 Å². The van der Waals surface area contributed by atoms with Crippen LogP contribution in [0.2, 0.25) is 10.0 Å². The highest BCUT2D eigenvalue weighted by Crippen LogP contribution is 2.24. The van der Waals surface area contributed by atoms with E-state index in [-0.39, 0.29) is 15.8 Å². The summed E-state index contributed by atoms with van der Waals surface area (Å²) in [5.41, 5.74) is 0. The summed E-state index contributed by atoms with van der Waals surface area (Å²) in [6.07, 6.45) is 1.65. The maximum absolute atomic E-state index is 12.1. The Morgan fingerprint density at radius 2 is 1.95 bits per heavy atom. The zero-order chi connectivity index (χ0) is 14.5. The lowest BCUT2D eigenvalue weighted by Crippen LogP contribution is -2.29. The van der Waals surface area contributed by atoms with E-state index in [2.05, 4.69) is 4.72 Å². The molecule has 0 radical (unpaired) electrons. The molecule has 0 fully saturated rings. The molecule has 0 aromatic heterocycles. The highest BCUT2D eigenvalue weighted by atomic mass is 35.5. The van der Waals surface area contributed by atoms with Crippen molar-refractivity contribution in [1.82, 2.24) is 4.72 Å². The molecule has 3 nitrogen and oxygen atoms in total. The van der Waals surface area contributed by atoms with Gasteiger partial charge in [0.1, 0.15) is 0 Å². The number of sulfonamides is 1. The van der Waals surface area contributed by atoms with Crippen molar-refractivity contribution in [3.05, 3.63) is 28.2 Å². The minimum absolute atomic E-state index is 0.114. The average Bonchev–Trinajstić information content (AvgIpc) is 2.37. The number of alkyl halides is 1. The van der Waals surface area contributed by atoms with Gasteiger partial charge in [-0.2, -0.15) is 0 Å². The Kier molecular flexibility index (Phi) is 6.91. The smallest absolute Gasteiger partial charge is 0.211 e. The highest BCUT2D eigenvalue weighted by Gasteiger charge is 2.17. The average molecular weight is 345 g/mol. The molecule has 0 saturated heterocycles. The predicted molar refractivity (Wildman–Crippen MR) is 80.8 cm³/mol. The molecule has 1 N–H and O–H groups in total. The predicted octanol–water partition coefficient (Wildman–Crippen LogP) is 3.93. The van der Waals surface area contributed by atoms with Crippen LogP contribution in [0.3, 0.4) is 0 Å². The van der Waals surface area contributed by atoms with Crippen molar-refractivity contribution in [2.45, 2.75) is 24.7 Å². The first kappa shape index (κ1) is 17.1. The van der Waals surface area contributed by atoms with Gasteiger partial charge >= 0.3 is 0 Å². The maximum Gasteiger partial charge on any atom is 0.240 e. The molecule has 1 rings (SSSR count). The Balaban J connectivity index is 2.78. The van der Waals surface area contributed by atoms with Crippen LogP contribution in [0.1, 0.15) is 19.8 Å². The third kappa shape index (κ3) is 5.12. The summed E-state index contributed by atoms with van der Waals surface area (Å²) >= 11 is 17.2. The van der Waals surface area contributed by atoms with Gasteiger partial charge in [0.15, 0.2) is 0 Å². The first-order valence-corrected chi connectivity index (χ1v) is 8.68. The highest BCUT2D eigenvalue weighted by molar-refractivity contribution is 7.89. The van der Waals surface area contributed by atoms with Gasteiger partial charge in [-0.1, -0.05) is 36.5 Å². The van der Waals surface area contributed by atoms with E-state index < -0.39 is 10.0 Å². The third-order valence-electron chi connectivity index (χ3n) is 2.86. The first-order valence-electron chi connectivity index (χ1n) is 5.91. The topological polar surface area (TPSA) is 46.2 Å². The van der Waals surface area contributed by atoms with Crippen LogP contribution in [0, 0.1) is 5.92 Å². The van der Waals surface area contributed by atoms with E-state index in [0.717, 1.165) is 12.8 Å². The second kappa shape index (κ2) is 7.70. The summed E-state index contributed by atoms with van der Waals surface area (Å²) in [6.45, 7) is 2.37. The summed E-state index contributed by atoms with van der Waals surface area (Å²) in [5.74, 6) is 0.752. The molecule has 0 spiro atoms. The molecular formula is C12H16Cl3NO2S. The van der Waals surface area contributed by atoms with E-state index in [4.69, 9.17) is 34.8 Å². The van der Waals surface area contributed by atoms with Crippen LogP contribution in [0.4, 0.5) is 0 Å². The van der Waals surface area contributed by atoms with Crippen molar-refractivity contribution in [1.29, 1.82) is 0 Å². The first-order chi connectivity index (χ1) is 8.90. The van der Waals surface area contributed by atoms with Crippen molar-refractivity contribution in [3.8, 4) is 0 Å². The molecule has 0 amide bonds. The molecule has 19 heavy (non-hydrogen) atoms. The van der Waals surface area contributed by atoms with E-state index in [1.54, 1.807) is 0 Å². The lowest BCUT2D eigenvalue weighted by molar-refractivity contribution is 0.481. The van der Waals surface area contributed by atoms with Crippen LogP contribution >= 0.6 is 34.8 Å². The van der Waals surface area contributed by atoms with Crippen LogP contribution in [0.15, 0.2) is 23.1 Å². The number of hydrogen-bond donors (Lipinski definition) is 1. The van der Waals surface area contributed by atoms with Gasteiger partial charge in [-0.3, -0.25) is 0 Å². The summed E-state index contributed by atoms with van der Waals surface area (Å²) in [6, 6.07) is 4.24. The Labute approximate surface area is 129 Å². The molecule has 0 saturated carbocycles. The van der Waals surface area contributed by atoms with Crippen LogP contribution in [0.5, 0.6) is 0 Å². The zero-order valence-electron chi connectivity index (χ0n) is 10.5. The van der Waals surface area contributed by atoms with Gasteiger partial charge in [0, 0.05) is 12.4 Å². The summed E-state index contributed by atoms with van der Waals surface area (Å²) in [4.78, 5) is 0.114. The number of hydrogen-bond acceptors (Lipinski definition) is 2. The Bertz CT molecular complexity index is 520. The monoisotopic (exact) mass is 343 g/mol. The fourth-order valence-corrected chi connectivity index (χ4v) is 3.37. The van der Waals surface area contributed by atoms with Crippen molar-refractivity contribution in [3.63, 3.8) is 0 Å². The molecule has 0 aliphatic heterocycles. The minimum atomic E-state index is -3.56. The summed E-state index contributed by atoms with van der Waals surface area (Å²) in [7, 11) is -3.56. The van der Waals surface area contributed by atoms with Crippen LogP contribution in [-0.2, 0) is 10.0 Å². The van der Waals surface area contributed by atoms with Crippen molar-refractivity contribution in [2.75, 3.05) is 12.4 Å². The van der Waals surface area contributed by atoms with Crippen LogP contribution in [0.25, 0.3) is 0 Å². The Morgan fingerprint density at radius 3 is 2.47 bits per heavy atom. The zero-order valence-corrected chi connectivity index (χ0v) is 13.6. The van der Waals surface area contributed by atoms with E-state index >= 15 is 0 Å². The lowest BCUT2D eigenvalue weighted by atomic mass is 10.0. The summed E-state index contributed by atoms with van der Waals surface area (Å²) < 4.78 is 26.7. The maximum atomic E-state index is 12.1. The minimum Gasteiger partial charge on any atom is -0.211 e. The van der Waals surface area contributed by atoms with E-state index in [1.165, 1.54) is 18.2 Å². The quantitative estimate of drug-likeness (QED) is 0.762. The van der Waals surface area contributed by atoms with Gasteiger partial charge in [-0.25, -0.2) is 13.1 Å². The van der Waals surface area contributed by atoms with Gasteiger partial charge in [0.05, 0.1) is 14.9 Å². The number of halogens is 3. The van der Waals surface area contributed by atoms with Gasteiger partial charge in [-0.15, -0.1) is 11.6 Å². The van der Waals surface area contributed by atoms with Gasteiger partial charge in [-0.05, 0) is 30.5 Å². The SMILES string of the molecule is CCC(CCCl)CNS(=O)(=O)c1ccc(Cl)c(Cl)c1. The molecule has 7 heteroatoms. The summed E-state index contributed by atoms with van der Waals surface area (Å²) in [5, 5.41) is 0.548. The van der Waals surface area contributed by atoms with E-state index in [1.807, 2.05) is 6.92 Å². The number of rotatable bonds is 7. The molecule has 1 atom stereocenters. The molecular weight excluding hydrogens is 329 g/mol. The van der Waals surface area contributed by atoms with Gasteiger partial charge < -0.3 is 0 Å². The molecule has 1 aromatic carbocycles. The van der Waals surface area contributed by atoms with Gasteiger partial charge in [0.2, 0.25) is 10.0 Å². The van der Waals surface area contributed by atoms with Gasteiger partial charge in [0.25, 0.3) is 0 Å². The Morgan fingerprint density at radius 1 is 1.26 bits per heavy atom.